The molecule has 2 rings (SSSR count). The predicted octanol–water partition coefficient (Wildman–Crippen LogP) is 4.26. The minimum atomic E-state index is 0.519. The lowest BCUT2D eigenvalue weighted by Crippen LogP contribution is -2.31. The van der Waals surface area contributed by atoms with Crippen LogP contribution in [0.25, 0.3) is 0 Å². The van der Waals surface area contributed by atoms with E-state index >= 15 is 0 Å². The zero-order valence-corrected chi connectivity index (χ0v) is 12.9. The first kappa shape index (κ1) is 13.8. The molecule has 98 valence electrons. The van der Waals surface area contributed by atoms with Crippen LogP contribution in [0.1, 0.15) is 24.0 Å². The van der Waals surface area contributed by atoms with Gasteiger partial charge in [-0.1, -0.05) is 6.92 Å². The number of furan rings is 1. The highest BCUT2D eigenvalue weighted by molar-refractivity contribution is 9.11. The Kier molecular flexibility index (Phi) is 5.47. The molecule has 2 nitrogen and oxygen atoms in total. The molecule has 2 heterocycles. The largest absolute Gasteiger partial charge is 0.469 e. The van der Waals surface area contributed by atoms with Gasteiger partial charge in [-0.15, -0.1) is 11.3 Å². The summed E-state index contributed by atoms with van der Waals surface area (Å²) in [4.78, 5) is 1.42. The minimum Gasteiger partial charge on any atom is -0.469 e. The van der Waals surface area contributed by atoms with Crippen molar-refractivity contribution in [1.29, 1.82) is 0 Å². The molecule has 2 aromatic rings. The van der Waals surface area contributed by atoms with E-state index < -0.39 is 0 Å². The van der Waals surface area contributed by atoms with Crippen LogP contribution in [0.5, 0.6) is 0 Å². The smallest absolute Gasteiger partial charge is 0.103 e. The Morgan fingerprint density at radius 3 is 2.89 bits per heavy atom. The number of hydrogen-bond donors (Lipinski definition) is 1. The summed E-state index contributed by atoms with van der Waals surface area (Å²) in [5.41, 5.74) is 0. The standard InChI is InChI=1S/C14H18BrNOS/c1-2-16-11(5-6-12-4-3-9-17-12)10-13-7-8-14(15)18-13/h3-4,7-9,11,16H,2,5-6,10H2,1H3. The third kappa shape index (κ3) is 4.26. The van der Waals surface area contributed by atoms with Crippen LogP contribution in [-0.4, -0.2) is 12.6 Å². The van der Waals surface area contributed by atoms with Gasteiger partial charge in [0, 0.05) is 17.3 Å². The normalized spacial score (nSPS) is 12.8. The summed E-state index contributed by atoms with van der Waals surface area (Å²) in [6, 6.07) is 8.84. The Morgan fingerprint density at radius 2 is 2.28 bits per heavy atom. The lowest BCUT2D eigenvalue weighted by Gasteiger charge is -2.16. The van der Waals surface area contributed by atoms with E-state index in [-0.39, 0.29) is 0 Å². The Hall–Kier alpha value is -0.580. The first-order chi connectivity index (χ1) is 8.78. The van der Waals surface area contributed by atoms with Gasteiger partial charge in [-0.25, -0.2) is 0 Å². The second-order valence-corrected chi connectivity index (χ2v) is 6.83. The van der Waals surface area contributed by atoms with Gasteiger partial charge < -0.3 is 9.73 Å². The number of aryl methyl sites for hydroxylation is 1. The van der Waals surface area contributed by atoms with Gasteiger partial charge in [0.15, 0.2) is 0 Å². The maximum Gasteiger partial charge on any atom is 0.103 e. The zero-order chi connectivity index (χ0) is 12.8. The lowest BCUT2D eigenvalue weighted by atomic mass is 10.1. The fraction of sp³-hybridized carbons (Fsp3) is 0.429. The van der Waals surface area contributed by atoms with Crippen molar-refractivity contribution in [3.8, 4) is 0 Å². The minimum absolute atomic E-state index is 0.519. The van der Waals surface area contributed by atoms with Gasteiger partial charge in [-0.05, 0) is 59.6 Å². The summed E-state index contributed by atoms with van der Waals surface area (Å²) in [5, 5.41) is 3.55. The quantitative estimate of drug-likeness (QED) is 0.822. The Morgan fingerprint density at radius 1 is 1.39 bits per heavy atom. The molecule has 0 fully saturated rings. The third-order valence-corrected chi connectivity index (χ3v) is 4.53. The number of thiophene rings is 1. The molecular weight excluding hydrogens is 310 g/mol. The molecule has 4 heteroatoms. The summed E-state index contributed by atoms with van der Waals surface area (Å²) in [5.74, 6) is 1.07. The highest BCUT2D eigenvalue weighted by Gasteiger charge is 2.11. The highest BCUT2D eigenvalue weighted by Crippen LogP contribution is 2.23. The molecule has 1 unspecified atom stereocenters. The first-order valence-electron chi connectivity index (χ1n) is 6.28. The average molecular weight is 328 g/mol. The molecule has 2 aromatic heterocycles. The molecule has 0 spiro atoms. The van der Waals surface area contributed by atoms with Gasteiger partial charge >= 0.3 is 0 Å². The van der Waals surface area contributed by atoms with Gasteiger partial charge in [0.25, 0.3) is 0 Å². The molecule has 0 aliphatic carbocycles. The number of halogens is 1. The summed E-state index contributed by atoms with van der Waals surface area (Å²) in [6.07, 6.45) is 4.94. The van der Waals surface area contributed by atoms with E-state index in [0.29, 0.717) is 6.04 Å². The van der Waals surface area contributed by atoms with Gasteiger partial charge in [0.2, 0.25) is 0 Å². The molecule has 1 atom stereocenters. The van der Waals surface area contributed by atoms with E-state index in [9.17, 15) is 0 Å². The van der Waals surface area contributed by atoms with Gasteiger partial charge in [0.1, 0.15) is 5.76 Å². The number of nitrogens with one attached hydrogen (secondary N) is 1. The summed E-state index contributed by atoms with van der Waals surface area (Å²) in [6.45, 7) is 3.17. The van der Waals surface area contributed by atoms with Crippen LogP contribution in [0.2, 0.25) is 0 Å². The van der Waals surface area contributed by atoms with Crippen LogP contribution < -0.4 is 5.32 Å². The van der Waals surface area contributed by atoms with Crippen molar-refractivity contribution in [1.82, 2.24) is 5.32 Å². The monoisotopic (exact) mass is 327 g/mol. The molecule has 0 amide bonds. The first-order valence-corrected chi connectivity index (χ1v) is 7.89. The van der Waals surface area contributed by atoms with Crippen molar-refractivity contribution in [2.75, 3.05) is 6.54 Å². The van der Waals surface area contributed by atoms with E-state index in [2.05, 4.69) is 40.3 Å². The maximum absolute atomic E-state index is 5.38. The molecule has 0 saturated heterocycles. The van der Waals surface area contributed by atoms with E-state index in [1.807, 2.05) is 23.5 Å². The predicted molar refractivity (Wildman–Crippen MR) is 80.2 cm³/mol. The van der Waals surface area contributed by atoms with Crippen molar-refractivity contribution < 1.29 is 4.42 Å². The van der Waals surface area contributed by atoms with Crippen molar-refractivity contribution in [3.05, 3.63) is 45.0 Å². The Labute approximate surface area is 121 Å². The van der Waals surface area contributed by atoms with E-state index in [1.165, 1.54) is 8.66 Å². The van der Waals surface area contributed by atoms with Crippen molar-refractivity contribution in [3.63, 3.8) is 0 Å². The maximum atomic E-state index is 5.38. The Balaban J connectivity index is 1.87. The van der Waals surface area contributed by atoms with Gasteiger partial charge in [0.05, 0.1) is 10.0 Å². The summed E-state index contributed by atoms with van der Waals surface area (Å²) >= 11 is 5.33. The average Bonchev–Trinajstić information content (AvgIpc) is 2.98. The molecule has 0 aliphatic heterocycles. The van der Waals surface area contributed by atoms with Crippen molar-refractivity contribution in [2.24, 2.45) is 0 Å². The van der Waals surface area contributed by atoms with Crippen LogP contribution in [-0.2, 0) is 12.8 Å². The molecule has 1 N–H and O–H groups in total. The van der Waals surface area contributed by atoms with Crippen molar-refractivity contribution in [2.45, 2.75) is 32.2 Å². The van der Waals surface area contributed by atoms with Crippen LogP contribution in [0, 0.1) is 0 Å². The molecule has 0 aliphatic rings. The van der Waals surface area contributed by atoms with E-state index in [0.717, 1.165) is 31.6 Å². The molecule has 18 heavy (non-hydrogen) atoms. The second kappa shape index (κ2) is 7.12. The van der Waals surface area contributed by atoms with Gasteiger partial charge in [-0.2, -0.15) is 0 Å². The third-order valence-electron chi connectivity index (χ3n) is 2.89. The number of hydrogen-bond acceptors (Lipinski definition) is 3. The van der Waals surface area contributed by atoms with Crippen LogP contribution in [0.3, 0.4) is 0 Å². The SMILES string of the molecule is CCNC(CCc1ccco1)Cc1ccc(Br)s1. The topological polar surface area (TPSA) is 25.2 Å². The molecule has 0 aromatic carbocycles. The summed E-state index contributed by atoms with van der Waals surface area (Å²) < 4.78 is 6.59. The van der Waals surface area contributed by atoms with Crippen LogP contribution >= 0.6 is 27.3 Å². The van der Waals surface area contributed by atoms with Gasteiger partial charge in [-0.3, -0.25) is 0 Å². The van der Waals surface area contributed by atoms with Crippen LogP contribution in [0.4, 0.5) is 0 Å². The van der Waals surface area contributed by atoms with Crippen LogP contribution in [0.15, 0.2) is 38.7 Å². The molecular formula is C14H18BrNOS. The van der Waals surface area contributed by atoms with E-state index in [1.54, 1.807) is 6.26 Å². The Bertz CT molecular complexity index is 452. The fourth-order valence-electron chi connectivity index (χ4n) is 2.04. The second-order valence-electron chi connectivity index (χ2n) is 4.28. The van der Waals surface area contributed by atoms with E-state index in [4.69, 9.17) is 4.42 Å². The van der Waals surface area contributed by atoms with Crippen molar-refractivity contribution >= 4 is 27.3 Å². The molecule has 0 bridgehead atoms. The zero-order valence-electron chi connectivity index (χ0n) is 10.5. The number of rotatable bonds is 7. The summed E-state index contributed by atoms with van der Waals surface area (Å²) in [7, 11) is 0. The fourth-order valence-corrected chi connectivity index (χ4v) is 3.60. The molecule has 0 saturated carbocycles. The lowest BCUT2D eigenvalue weighted by molar-refractivity contribution is 0.449. The highest BCUT2D eigenvalue weighted by atomic mass is 79.9. The molecule has 0 radical (unpaired) electrons. The number of likely N-dealkylation sites (N-methyl/N-ethyl adjacent to an activating group) is 1.